The molecular weight excluding hydrogens is 306 g/mol. The SMILES string of the molecule is CCOC(=O)C(Nc1ccc(Cl)cc1)c1ccc(CC)s1. The van der Waals surface area contributed by atoms with Gasteiger partial charge in [-0.1, -0.05) is 18.5 Å². The molecule has 1 atom stereocenters. The van der Waals surface area contributed by atoms with Crippen LogP contribution < -0.4 is 5.32 Å². The van der Waals surface area contributed by atoms with Crippen molar-refractivity contribution < 1.29 is 9.53 Å². The van der Waals surface area contributed by atoms with E-state index in [-0.39, 0.29) is 5.97 Å². The van der Waals surface area contributed by atoms with Gasteiger partial charge in [0.25, 0.3) is 0 Å². The normalized spacial score (nSPS) is 12.0. The van der Waals surface area contributed by atoms with Crippen molar-refractivity contribution in [1.29, 1.82) is 0 Å². The van der Waals surface area contributed by atoms with Gasteiger partial charge in [-0.15, -0.1) is 11.3 Å². The van der Waals surface area contributed by atoms with E-state index in [4.69, 9.17) is 16.3 Å². The summed E-state index contributed by atoms with van der Waals surface area (Å²) in [6, 6.07) is 10.8. The van der Waals surface area contributed by atoms with E-state index in [2.05, 4.69) is 18.3 Å². The van der Waals surface area contributed by atoms with Crippen LogP contribution in [0.2, 0.25) is 5.02 Å². The lowest BCUT2D eigenvalue weighted by Gasteiger charge is -2.17. The van der Waals surface area contributed by atoms with E-state index in [1.54, 1.807) is 23.5 Å². The first-order valence-electron chi connectivity index (χ1n) is 6.91. The quantitative estimate of drug-likeness (QED) is 0.784. The van der Waals surface area contributed by atoms with Crippen LogP contribution in [0.25, 0.3) is 0 Å². The smallest absolute Gasteiger partial charge is 0.334 e. The Morgan fingerprint density at radius 1 is 1.24 bits per heavy atom. The van der Waals surface area contributed by atoms with Crippen molar-refractivity contribution in [2.75, 3.05) is 11.9 Å². The zero-order valence-electron chi connectivity index (χ0n) is 12.1. The maximum atomic E-state index is 12.2. The first kappa shape index (κ1) is 15.9. The lowest BCUT2D eigenvalue weighted by Crippen LogP contribution is -2.22. The zero-order chi connectivity index (χ0) is 15.2. The summed E-state index contributed by atoms with van der Waals surface area (Å²) in [6.45, 7) is 4.27. The van der Waals surface area contributed by atoms with E-state index in [1.807, 2.05) is 25.1 Å². The van der Waals surface area contributed by atoms with E-state index in [1.165, 1.54) is 4.88 Å². The van der Waals surface area contributed by atoms with Crippen LogP contribution >= 0.6 is 22.9 Å². The Balaban J connectivity index is 2.23. The molecular formula is C16H18ClNO2S. The second-order valence-corrected chi connectivity index (χ2v) is 6.13. The number of thiophene rings is 1. The van der Waals surface area contributed by atoms with Crippen LogP contribution in [-0.2, 0) is 16.0 Å². The number of aryl methyl sites for hydroxylation is 1. The van der Waals surface area contributed by atoms with Crippen LogP contribution in [0.1, 0.15) is 29.6 Å². The molecule has 2 rings (SSSR count). The maximum absolute atomic E-state index is 12.2. The summed E-state index contributed by atoms with van der Waals surface area (Å²) in [5.74, 6) is -0.267. The minimum atomic E-state index is -0.489. The van der Waals surface area contributed by atoms with Gasteiger partial charge >= 0.3 is 5.97 Å². The Morgan fingerprint density at radius 2 is 1.95 bits per heavy atom. The number of carbonyl (C=O) groups excluding carboxylic acids is 1. The number of esters is 1. The number of ether oxygens (including phenoxy) is 1. The summed E-state index contributed by atoms with van der Waals surface area (Å²) in [5.41, 5.74) is 0.837. The molecule has 1 aromatic heterocycles. The average molecular weight is 324 g/mol. The second kappa shape index (κ2) is 7.48. The van der Waals surface area contributed by atoms with Crippen LogP contribution in [0.3, 0.4) is 0 Å². The van der Waals surface area contributed by atoms with E-state index in [0.29, 0.717) is 11.6 Å². The Morgan fingerprint density at radius 3 is 2.52 bits per heavy atom. The Bertz CT molecular complexity index is 595. The topological polar surface area (TPSA) is 38.3 Å². The molecule has 0 aliphatic rings. The number of anilines is 1. The highest BCUT2D eigenvalue weighted by molar-refractivity contribution is 7.12. The summed E-state index contributed by atoms with van der Waals surface area (Å²) in [7, 11) is 0. The first-order valence-corrected chi connectivity index (χ1v) is 8.10. The van der Waals surface area contributed by atoms with Gasteiger partial charge < -0.3 is 10.1 Å². The summed E-state index contributed by atoms with van der Waals surface area (Å²) < 4.78 is 5.18. The predicted molar refractivity (Wildman–Crippen MR) is 88.1 cm³/mol. The van der Waals surface area contributed by atoms with Crippen LogP contribution in [0.15, 0.2) is 36.4 Å². The van der Waals surface area contributed by atoms with Crippen molar-refractivity contribution >= 4 is 34.6 Å². The number of nitrogens with one attached hydrogen (secondary N) is 1. The Hall–Kier alpha value is -1.52. The molecule has 0 saturated carbocycles. The molecule has 21 heavy (non-hydrogen) atoms. The first-order chi connectivity index (χ1) is 10.1. The Kier molecular flexibility index (Phi) is 5.65. The van der Waals surface area contributed by atoms with Gasteiger partial charge in [-0.2, -0.15) is 0 Å². The molecule has 0 spiro atoms. The second-order valence-electron chi connectivity index (χ2n) is 4.49. The van der Waals surface area contributed by atoms with Crippen LogP contribution in [0, 0.1) is 0 Å². The largest absolute Gasteiger partial charge is 0.464 e. The molecule has 0 saturated heterocycles. The third-order valence-electron chi connectivity index (χ3n) is 2.99. The van der Waals surface area contributed by atoms with E-state index < -0.39 is 6.04 Å². The number of hydrogen-bond acceptors (Lipinski definition) is 4. The molecule has 0 bridgehead atoms. The van der Waals surface area contributed by atoms with Crippen LogP contribution in [0.4, 0.5) is 5.69 Å². The molecule has 0 amide bonds. The lowest BCUT2D eigenvalue weighted by molar-refractivity contribution is -0.144. The summed E-state index contributed by atoms with van der Waals surface area (Å²) in [6.07, 6.45) is 0.959. The molecule has 5 heteroatoms. The highest BCUT2D eigenvalue weighted by atomic mass is 35.5. The Labute approximate surface area is 133 Å². The molecule has 1 unspecified atom stereocenters. The fraction of sp³-hybridized carbons (Fsp3) is 0.312. The van der Waals surface area contributed by atoms with Gasteiger partial charge in [0, 0.05) is 20.5 Å². The van der Waals surface area contributed by atoms with Gasteiger partial charge in [0.15, 0.2) is 6.04 Å². The molecule has 0 aliphatic heterocycles. The highest BCUT2D eigenvalue weighted by Gasteiger charge is 2.23. The third kappa shape index (κ3) is 4.22. The molecule has 2 aromatic rings. The molecule has 112 valence electrons. The number of benzene rings is 1. The number of hydrogen-bond donors (Lipinski definition) is 1. The van der Waals surface area contributed by atoms with Gasteiger partial charge in [0.05, 0.1) is 6.61 Å². The van der Waals surface area contributed by atoms with Crippen molar-refractivity contribution in [2.24, 2.45) is 0 Å². The van der Waals surface area contributed by atoms with Gasteiger partial charge in [0.1, 0.15) is 0 Å². The van der Waals surface area contributed by atoms with Crippen LogP contribution in [0.5, 0.6) is 0 Å². The molecule has 0 aliphatic carbocycles. The molecule has 0 radical (unpaired) electrons. The van der Waals surface area contributed by atoms with Crippen molar-refractivity contribution in [1.82, 2.24) is 0 Å². The van der Waals surface area contributed by atoms with E-state index >= 15 is 0 Å². The van der Waals surface area contributed by atoms with Crippen LogP contribution in [-0.4, -0.2) is 12.6 Å². The summed E-state index contributed by atoms with van der Waals surface area (Å²) >= 11 is 7.51. The minimum Gasteiger partial charge on any atom is -0.464 e. The fourth-order valence-electron chi connectivity index (χ4n) is 1.92. The van der Waals surface area contributed by atoms with E-state index in [0.717, 1.165) is 17.0 Å². The van der Waals surface area contributed by atoms with Gasteiger partial charge in [-0.25, -0.2) is 4.79 Å². The van der Waals surface area contributed by atoms with Gasteiger partial charge in [-0.05, 0) is 49.7 Å². The van der Waals surface area contributed by atoms with Crippen molar-refractivity contribution in [3.05, 3.63) is 51.2 Å². The number of rotatable bonds is 6. The molecule has 1 aromatic carbocycles. The zero-order valence-corrected chi connectivity index (χ0v) is 13.6. The predicted octanol–water partition coefficient (Wildman–Crippen LogP) is 4.68. The number of halogens is 1. The van der Waals surface area contributed by atoms with Gasteiger partial charge in [0.2, 0.25) is 0 Å². The third-order valence-corrected chi connectivity index (χ3v) is 4.54. The monoisotopic (exact) mass is 323 g/mol. The minimum absolute atomic E-state index is 0.267. The molecule has 0 fully saturated rings. The number of carbonyl (C=O) groups is 1. The maximum Gasteiger partial charge on any atom is 0.334 e. The standard InChI is InChI=1S/C16H18ClNO2S/c1-3-13-9-10-14(21-13)15(16(19)20-4-2)18-12-7-5-11(17)6-8-12/h5-10,15,18H,3-4H2,1-2H3. The lowest BCUT2D eigenvalue weighted by atomic mass is 10.2. The molecule has 1 N–H and O–H groups in total. The average Bonchev–Trinajstić information content (AvgIpc) is 2.95. The highest BCUT2D eigenvalue weighted by Crippen LogP contribution is 2.28. The van der Waals surface area contributed by atoms with Crippen molar-refractivity contribution in [3.63, 3.8) is 0 Å². The van der Waals surface area contributed by atoms with Crippen molar-refractivity contribution in [2.45, 2.75) is 26.3 Å². The van der Waals surface area contributed by atoms with Gasteiger partial charge in [-0.3, -0.25) is 0 Å². The molecule has 1 heterocycles. The molecule has 3 nitrogen and oxygen atoms in total. The van der Waals surface area contributed by atoms with E-state index in [9.17, 15) is 4.79 Å². The summed E-state index contributed by atoms with van der Waals surface area (Å²) in [5, 5.41) is 3.89. The van der Waals surface area contributed by atoms with Crippen molar-refractivity contribution in [3.8, 4) is 0 Å². The summed E-state index contributed by atoms with van der Waals surface area (Å²) in [4.78, 5) is 14.4. The fourth-order valence-corrected chi connectivity index (χ4v) is 3.04.